The maximum absolute atomic E-state index is 13.9. The molecule has 1 heterocycles. The van der Waals surface area contributed by atoms with E-state index in [9.17, 15) is 4.39 Å². The lowest BCUT2D eigenvalue weighted by Gasteiger charge is -2.14. The predicted octanol–water partition coefficient (Wildman–Crippen LogP) is 2.90. The van der Waals surface area contributed by atoms with E-state index in [1.807, 2.05) is 19.2 Å². The highest BCUT2D eigenvalue weighted by Gasteiger charge is 2.13. The summed E-state index contributed by atoms with van der Waals surface area (Å²) in [5, 5.41) is 4.22. The Labute approximate surface area is 119 Å². The third-order valence-corrected chi connectivity index (χ3v) is 3.44. The molecule has 5 heteroatoms. The van der Waals surface area contributed by atoms with Gasteiger partial charge in [-0.15, -0.1) is 0 Å². The highest BCUT2D eigenvalue weighted by atomic mass is 127. The van der Waals surface area contributed by atoms with Crippen LogP contribution in [0.2, 0.25) is 0 Å². The van der Waals surface area contributed by atoms with Gasteiger partial charge in [0, 0.05) is 17.8 Å². The van der Waals surface area contributed by atoms with E-state index in [0.717, 1.165) is 15.7 Å². The molecule has 18 heavy (non-hydrogen) atoms. The summed E-state index contributed by atoms with van der Waals surface area (Å²) in [6.45, 7) is 2.00. The molecule has 0 spiro atoms. The molecule has 2 N–H and O–H groups in total. The fourth-order valence-corrected chi connectivity index (χ4v) is 2.19. The zero-order valence-electron chi connectivity index (χ0n) is 10.1. The van der Waals surface area contributed by atoms with Gasteiger partial charge in [0.1, 0.15) is 5.82 Å². The first kappa shape index (κ1) is 13.5. The maximum atomic E-state index is 13.9. The van der Waals surface area contributed by atoms with Crippen molar-refractivity contribution >= 4 is 22.6 Å². The van der Waals surface area contributed by atoms with Gasteiger partial charge < -0.3 is 5.73 Å². The number of halogens is 2. The second kappa shape index (κ2) is 5.79. The van der Waals surface area contributed by atoms with Crippen molar-refractivity contribution in [1.82, 2.24) is 9.78 Å². The molecular formula is C13H15FIN3. The van der Waals surface area contributed by atoms with Gasteiger partial charge in [-0.1, -0.05) is 13.0 Å². The fourth-order valence-electron chi connectivity index (χ4n) is 1.80. The molecule has 1 atom stereocenters. The highest BCUT2D eigenvalue weighted by Crippen LogP contribution is 2.20. The van der Waals surface area contributed by atoms with Crippen LogP contribution in [0.1, 0.15) is 18.9 Å². The number of hydrogen-bond donors (Lipinski definition) is 1. The van der Waals surface area contributed by atoms with E-state index in [4.69, 9.17) is 5.73 Å². The molecule has 1 aromatic heterocycles. The molecule has 1 aromatic carbocycles. The van der Waals surface area contributed by atoms with Crippen molar-refractivity contribution in [1.29, 1.82) is 0 Å². The van der Waals surface area contributed by atoms with Crippen molar-refractivity contribution in [3.8, 4) is 5.69 Å². The Hall–Kier alpha value is -0.950. The molecule has 2 rings (SSSR count). The van der Waals surface area contributed by atoms with Gasteiger partial charge in [-0.3, -0.25) is 0 Å². The Morgan fingerprint density at radius 1 is 1.50 bits per heavy atom. The third kappa shape index (κ3) is 2.89. The molecule has 0 fully saturated rings. The largest absolute Gasteiger partial charge is 0.327 e. The number of hydrogen-bond acceptors (Lipinski definition) is 2. The third-order valence-electron chi connectivity index (χ3n) is 2.88. The molecule has 0 saturated heterocycles. The van der Waals surface area contributed by atoms with Gasteiger partial charge in [0.2, 0.25) is 0 Å². The first-order chi connectivity index (χ1) is 8.61. The summed E-state index contributed by atoms with van der Waals surface area (Å²) in [6, 6.07) is 5.00. The van der Waals surface area contributed by atoms with E-state index >= 15 is 0 Å². The van der Waals surface area contributed by atoms with E-state index in [1.54, 1.807) is 16.9 Å². The second-order valence-electron chi connectivity index (χ2n) is 4.21. The monoisotopic (exact) mass is 359 g/mol. The average Bonchev–Trinajstić information content (AvgIpc) is 2.78. The zero-order chi connectivity index (χ0) is 13.1. The van der Waals surface area contributed by atoms with Gasteiger partial charge in [0.15, 0.2) is 0 Å². The lowest BCUT2D eigenvalue weighted by atomic mass is 10.0. The zero-order valence-corrected chi connectivity index (χ0v) is 12.3. The first-order valence-corrected chi connectivity index (χ1v) is 6.93. The minimum absolute atomic E-state index is 0.0321. The van der Waals surface area contributed by atoms with Crippen LogP contribution in [0.25, 0.3) is 5.69 Å². The molecule has 0 amide bonds. The lowest BCUT2D eigenvalue weighted by Crippen LogP contribution is -2.23. The van der Waals surface area contributed by atoms with Gasteiger partial charge in [-0.25, -0.2) is 9.07 Å². The van der Waals surface area contributed by atoms with Gasteiger partial charge >= 0.3 is 0 Å². The summed E-state index contributed by atoms with van der Waals surface area (Å²) in [4.78, 5) is 0. The standard InChI is InChI=1S/C13H15FIN3/c1-2-10(16)6-11-12(14)4-3-5-13(11)18-8-9(15)7-17-18/h3-5,7-8,10H,2,6,16H2,1H3. The van der Waals surface area contributed by atoms with Crippen molar-refractivity contribution in [3.63, 3.8) is 0 Å². The molecule has 0 aliphatic rings. The quantitative estimate of drug-likeness (QED) is 0.854. The predicted molar refractivity (Wildman–Crippen MR) is 78.2 cm³/mol. The summed E-state index contributed by atoms with van der Waals surface area (Å²) in [7, 11) is 0. The van der Waals surface area contributed by atoms with Crippen LogP contribution >= 0.6 is 22.6 Å². The molecule has 3 nitrogen and oxygen atoms in total. The van der Waals surface area contributed by atoms with E-state index in [2.05, 4.69) is 27.7 Å². The molecule has 0 aliphatic carbocycles. The number of nitrogens with zero attached hydrogens (tertiary/aromatic N) is 2. The first-order valence-electron chi connectivity index (χ1n) is 5.85. The summed E-state index contributed by atoms with van der Waals surface area (Å²) in [6.07, 6.45) is 4.96. The Morgan fingerprint density at radius 3 is 2.89 bits per heavy atom. The van der Waals surface area contributed by atoms with Crippen LogP contribution in [0.3, 0.4) is 0 Å². The molecule has 0 aliphatic heterocycles. The van der Waals surface area contributed by atoms with E-state index in [0.29, 0.717) is 12.0 Å². The normalized spacial score (nSPS) is 12.7. The van der Waals surface area contributed by atoms with Crippen molar-refractivity contribution in [2.24, 2.45) is 5.73 Å². The number of rotatable bonds is 4. The van der Waals surface area contributed by atoms with Crippen LogP contribution in [0.4, 0.5) is 4.39 Å². The molecule has 0 saturated carbocycles. The van der Waals surface area contributed by atoms with Gasteiger partial charge in [-0.2, -0.15) is 5.10 Å². The maximum Gasteiger partial charge on any atom is 0.128 e. The molecular weight excluding hydrogens is 344 g/mol. The summed E-state index contributed by atoms with van der Waals surface area (Å²) >= 11 is 2.18. The summed E-state index contributed by atoms with van der Waals surface area (Å²) < 4.78 is 16.7. The minimum atomic E-state index is -0.220. The van der Waals surface area contributed by atoms with Crippen molar-refractivity contribution in [2.45, 2.75) is 25.8 Å². The van der Waals surface area contributed by atoms with Crippen LogP contribution in [0.15, 0.2) is 30.6 Å². The Bertz CT molecular complexity index is 539. The van der Waals surface area contributed by atoms with Crippen molar-refractivity contribution < 1.29 is 4.39 Å². The van der Waals surface area contributed by atoms with E-state index in [-0.39, 0.29) is 11.9 Å². The second-order valence-corrected chi connectivity index (χ2v) is 5.46. The molecule has 96 valence electrons. The van der Waals surface area contributed by atoms with E-state index < -0.39 is 0 Å². The smallest absolute Gasteiger partial charge is 0.128 e. The molecule has 2 aromatic rings. The SMILES string of the molecule is CCC(N)Cc1c(F)cccc1-n1cc(I)cn1. The number of aromatic nitrogens is 2. The Morgan fingerprint density at radius 2 is 2.28 bits per heavy atom. The molecule has 0 bridgehead atoms. The minimum Gasteiger partial charge on any atom is -0.327 e. The number of nitrogens with two attached hydrogens (primary N) is 1. The lowest BCUT2D eigenvalue weighted by molar-refractivity contribution is 0.575. The molecule has 0 radical (unpaired) electrons. The van der Waals surface area contributed by atoms with Crippen LogP contribution in [0.5, 0.6) is 0 Å². The summed E-state index contributed by atoms with van der Waals surface area (Å²) in [5.74, 6) is -0.220. The van der Waals surface area contributed by atoms with Crippen molar-refractivity contribution in [3.05, 3.63) is 45.5 Å². The average molecular weight is 359 g/mol. The topological polar surface area (TPSA) is 43.8 Å². The summed E-state index contributed by atoms with van der Waals surface area (Å²) in [5.41, 5.74) is 7.32. The Balaban J connectivity index is 2.43. The van der Waals surface area contributed by atoms with Crippen molar-refractivity contribution in [2.75, 3.05) is 0 Å². The van der Waals surface area contributed by atoms with Crippen LogP contribution in [-0.4, -0.2) is 15.8 Å². The van der Waals surface area contributed by atoms with Gasteiger partial charge in [0.25, 0.3) is 0 Å². The van der Waals surface area contributed by atoms with Crippen LogP contribution < -0.4 is 5.73 Å². The number of benzene rings is 1. The Kier molecular flexibility index (Phi) is 4.34. The highest BCUT2D eigenvalue weighted by molar-refractivity contribution is 14.1. The van der Waals surface area contributed by atoms with Gasteiger partial charge in [-0.05, 0) is 47.6 Å². The molecule has 1 unspecified atom stereocenters. The fraction of sp³-hybridized carbons (Fsp3) is 0.308. The van der Waals surface area contributed by atoms with Gasteiger partial charge in [0.05, 0.1) is 15.5 Å². The van der Waals surface area contributed by atoms with E-state index in [1.165, 1.54) is 6.07 Å². The van der Waals surface area contributed by atoms with Crippen LogP contribution in [0, 0.1) is 9.39 Å². The van der Waals surface area contributed by atoms with Crippen LogP contribution in [-0.2, 0) is 6.42 Å².